The first-order valence-corrected chi connectivity index (χ1v) is 12.8. The molecule has 0 aliphatic heterocycles. The summed E-state index contributed by atoms with van der Waals surface area (Å²) in [7, 11) is -0.826. The van der Waals surface area contributed by atoms with E-state index in [4.69, 9.17) is 22.8 Å². The van der Waals surface area contributed by atoms with Crippen molar-refractivity contribution in [3.8, 4) is 5.75 Å². The van der Waals surface area contributed by atoms with Crippen LogP contribution < -0.4 is 4.74 Å². The molecule has 6 heteroatoms. The molecule has 0 unspecified atom stereocenters. The van der Waals surface area contributed by atoms with Crippen molar-refractivity contribution < 1.29 is 22.8 Å². The van der Waals surface area contributed by atoms with Gasteiger partial charge in [-0.3, -0.25) is 0 Å². The van der Waals surface area contributed by atoms with Gasteiger partial charge in [0.25, 0.3) is 0 Å². The van der Waals surface area contributed by atoms with Gasteiger partial charge in [0, 0.05) is 32.5 Å². The summed E-state index contributed by atoms with van der Waals surface area (Å²) in [5.41, 5.74) is 1.42. The van der Waals surface area contributed by atoms with Crippen LogP contribution in [0.5, 0.6) is 5.75 Å². The minimum absolute atomic E-state index is 0.372. The summed E-state index contributed by atoms with van der Waals surface area (Å²) >= 11 is 0. The Morgan fingerprint density at radius 1 is 0.857 bits per heavy atom. The molecule has 1 aromatic rings. The van der Waals surface area contributed by atoms with E-state index >= 15 is 0 Å². The van der Waals surface area contributed by atoms with Gasteiger partial charge in [-0.15, -0.1) is 0 Å². The van der Waals surface area contributed by atoms with Crippen LogP contribution >= 0.6 is 0 Å². The van der Waals surface area contributed by atoms with Crippen LogP contribution in [0, 0.1) is 0 Å². The van der Waals surface area contributed by atoms with Crippen LogP contribution in [0.3, 0.4) is 0 Å². The van der Waals surface area contributed by atoms with E-state index in [1.807, 2.05) is 20.8 Å². The molecule has 1 saturated carbocycles. The SMILES string of the molecule is CCO[Si](CCCO[C@H]1CC[C@H](c2ccc(OC)cc2)CC1)(OCC)OCC. The molecule has 1 aliphatic carbocycles. The van der Waals surface area contributed by atoms with Crippen molar-refractivity contribution in [3.63, 3.8) is 0 Å². The summed E-state index contributed by atoms with van der Waals surface area (Å²) in [4.78, 5) is 0. The first kappa shape index (κ1) is 23.4. The quantitative estimate of drug-likeness (QED) is 0.331. The first-order valence-electron chi connectivity index (χ1n) is 10.8. The lowest BCUT2D eigenvalue weighted by Gasteiger charge is -2.30. The Kier molecular flexibility index (Phi) is 10.5. The van der Waals surface area contributed by atoms with Crippen molar-refractivity contribution >= 4 is 8.80 Å². The molecule has 0 atom stereocenters. The van der Waals surface area contributed by atoms with Crippen LogP contribution in [-0.2, 0) is 18.0 Å². The highest BCUT2D eigenvalue weighted by atomic mass is 28.4. The molecule has 0 saturated heterocycles. The lowest BCUT2D eigenvalue weighted by molar-refractivity contribution is 0.0202. The monoisotopic (exact) mass is 410 g/mol. The smallest absolute Gasteiger partial charge is 0.497 e. The molecule has 1 fully saturated rings. The third-order valence-corrected chi connectivity index (χ3v) is 8.49. The zero-order valence-corrected chi connectivity index (χ0v) is 19.1. The minimum Gasteiger partial charge on any atom is -0.497 e. The minimum atomic E-state index is -2.54. The van der Waals surface area contributed by atoms with Gasteiger partial charge in [-0.2, -0.15) is 0 Å². The third-order valence-electron chi connectivity index (χ3n) is 5.34. The van der Waals surface area contributed by atoms with E-state index in [0.717, 1.165) is 37.7 Å². The lowest BCUT2D eigenvalue weighted by atomic mass is 9.83. The fourth-order valence-electron chi connectivity index (χ4n) is 3.98. The molecule has 0 bridgehead atoms. The number of ether oxygens (including phenoxy) is 2. The summed E-state index contributed by atoms with van der Waals surface area (Å²) in [6, 6.07) is 9.34. The maximum absolute atomic E-state index is 6.17. The average molecular weight is 411 g/mol. The van der Waals surface area contributed by atoms with Crippen LogP contribution in [0.2, 0.25) is 6.04 Å². The van der Waals surface area contributed by atoms with Crippen LogP contribution in [0.25, 0.3) is 0 Å². The molecule has 5 nitrogen and oxygen atoms in total. The molecule has 28 heavy (non-hydrogen) atoms. The molecule has 0 amide bonds. The van der Waals surface area contributed by atoms with Crippen molar-refractivity contribution in [2.24, 2.45) is 0 Å². The van der Waals surface area contributed by atoms with E-state index in [9.17, 15) is 0 Å². The lowest BCUT2D eigenvalue weighted by Crippen LogP contribution is -2.46. The molecule has 0 N–H and O–H groups in total. The second kappa shape index (κ2) is 12.6. The Hall–Kier alpha value is -0.923. The Bertz CT molecular complexity index is 511. The molecule has 0 spiro atoms. The van der Waals surface area contributed by atoms with Crippen molar-refractivity contribution in [3.05, 3.63) is 29.8 Å². The van der Waals surface area contributed by atoms with Gasteiger partial charge in [-0.1, -0.05) is 12.1 Å². The van der Waals surface area contributed by atoms with Crippen molar-refractivity contribution in [1.29, 1.82) is 0 Å². The number of hydrogen-bond donors (Lipinski definition) is 0. The Balaban J connectivity index is 1.71. The summed E-state index contributed by atoms with van der Waals surface area (Å²) in [5, 5.41) is 0. The maximum atomic E-state index is 6.17. The first-order chi connectivity index (χ1) is 13.7. The second-order valence-corrected chi connectivity index (χ2v) is 9.94. The normalized spacial score (nSPS) is 20.3. The molecule has 1 aliphatic rings. The van der Waals surface area contributed by atoms with E-state index in [1.165, 1.54) is 18.4 Å². The standard InChI is InChI=1S/C22H38O5Si/c1-5-25-28(26-6-2,27-7-3)18-8-17-24-22-15-11-20(12-16-22)19-9-13-21(23-4)14-10-19/h9-10,13-14,20,22H,5-8,11-12,15-18H2,1-4H3/t20-,22-. The summed E-state index contributed by atoms with van der Waals surface area (Å²) in [6.45, 7) is 8.62. The molecule has 0 heterocycles. The Morgan fingerprint density at radius 2 is 1.43 bits per heavy atom. The highest BCUT2D eigenvalue weighted by Gasteiger charge is 2.39. The van der Waals surface area contributed by atoms with Gasteiger partial charge in [0.1, 0.15) is 5.75 Å². The molecular weight excluding hydrogens is 372 g/mol. The van der Waals surface area contributed by atoms with Gasteiger partial charge in [0.2, 0.25) is 0 Å². The van der Waals surface area contributed by atoms with Crippen molar-refractivity contribution in [1.82, 2.24) is 0 Å². The van der Waals surface area contributed by atoms with Gasteiger partial charge in [-0.25, -0.2) is 0 Å². The van der Waals surface area contributed by atoms with Crippen molar-refractivity contribution in [2.45, 2.75) is 70.9 Å². The number of benzene rings is 1. The second-order valence-electron chi connectivity index (χ2n) is 7.20. The third kappa shape index (κ3) is 7.15. The average Bonchev–Trinajstić information content (AvgIpc) is 2.72. The molecule has 0 radical (unpaired) electrons. The van der Waals surface area contributed by atoms with Crippen LogP contribution in [-0.4, -0.2) is 48.4 Å². The van der Waals surface area contributed by atoms with Gasteiger partial charge in [0.15, 0.2) is 0 Å². The van der Waals surface area contributed by atoms with E-state index in [1.54, 1.807) is 7.11 Å². The van der Waals surface area contributed by atoms with E-state index in [-0.39, 0.29) is 0 Å². The molecular formula is C22H38O5Si. The Morgan fingerprint density at radius 3 is 1.93 bits per heavy atom. The summed E-state index contributed by atoms with van der Waals surface area (Å²) < 4.78 is 29.2. The number of methoxy groups -OCH3 is 1. The fourth-order valence-corrected chi connectivity index (χ4v) is 6.56. The van der Waals surface area contributed by atoms with Gasteiger partial charge in [-0.05, 0) is 76.5 Å². The summed E-state index contributed by atoms with van der Waals surface area (Å²) in [5.74, 6) is 1.56. The largest absolute Gasteiger partial charge is 0.501 e. The zero-order valence-electron chi connectivity index (χ0n) is 18.1. The van der Waals surface area contributed by atoms with Crippen LogP contribution in [0.1, 0.15) is 64.4 Å². The van der Waals surface area contributed by atoms with Gasteiger partial charge >= 0.3 is 8.80 Å². The highest BCUT2D eigenvalue weighted by Crippen LogP contribution is 2.34. The zero-order chi connectivity index (χ0) is 20.2. The molecule has 2 rings (SSSR count). The molecule has 0 aromatic heterocycles. The topological polar surface area (TPSA) is 46.2 Å². The van der Waals surface area contributed by atoms with Crippen LogP contribution in [0.15, 0.2) is 24.3 Å². The van der Waals surface area contributed by atoms with Gasteiger partial charge < -0.3 is 22.8 Å². The van der Waals surface area contributed by atoms with Crippen molar-refractivity contribution in [2.75, 3.05) is 33.5 Å². The van der Waals surface area contributed by atoms with Crippen LogP contribution in [0.4, 0.5) is 0 Å². The fraction of sp³-hybridized carbons (Fsp3) is 0.727. The predicted molar refractivity (Wildman–Crippen MR) is 114 cm³/mol. The molecule has 160 valence electrons. The van der Waals surface area contributed by atoms with E-state index in [2.05, 4.69) is 24.3 Å². The van der Waals surface area contributed by atoms with Gasteiger partial charge in [0.05, 0.1) is 13.2 Å². The number of hydrogen-bond acceptors (Lipinski definition) is 5. The maximum Gasteiger partial charge on any atom is 0.501 e. The Labute approximate surface area is 172 Å². The van der Waals surface area contributed by atoms with E-state index in [0.29, 0.717) is 31.8 Å². The predicted octanol–water partition coefficient (Wildman–Crippen LogP) is 5.18. The summed E-state index contributed by atoms with van der Waals surface area (Å²) in [6.07, 6.45) is 5.92. The molecule has 1 aromatic carbocycles. The van der Waals surface area contributed by atoms with E-state index < -0.39 is 8.80 Å². The highest BCUT2D eigenvalue weighted by molar-refractivity contribution is 6.60. The number of rotatable bonds is 13.